The second kappa shape index (κ2) is 3.95. The standard InChI is InChI=1S/C11H25NOSi/c1-11(2,3)14(5,6)13-8-9-7-10(9)12-4/h9-10,12H,7-8H2,1-6H3/t9-,10?/m1/s1. The Labute approximate surface area is 89.6 Å². The van der Waals surface area contributed by atoms with Gasteiger partial charge >= 0.3 is 0 Å². The molecule has 1 N–H and O–H groups in total. The molecule has 0 bridgehead atoms. The number of hydrogen-bond donors (Lipinski definition) is 1. The Morgan fingerprint density at radius 2 is 1.93 bits per heavy atom. The van der Waals surface area contributed by atoms with Crippen molar-refractivity contribution < 1.29 is 4.43 Å². The Morgan fingerprint density at radius 1 is 1.36 bits per heavy atom. The molecule has 84 valence electrons. The van der Waals surface area contributed by atoms with Crippen LogP contribution in [0.25, 0.3) is 0 Å². The van der Waals surface area contributed by atoms with Crippen molar-refractivity contribution in [1.82, 2.24) is 5.32 Å². The molecule has 1 fully saturated rings. The zero-order valence-electron chi connectivity index (χ0n) is 10.5. The Bertz CT molecular complexity index is 198. The van der Waals surface area contributed by atoms with Gasteiger partial charge in [0, 0.05) is 12.6 Å². The third kappa shape index (κ3) is 2.81. The molecule has 0 aromatic rings. The molecule has 2 nitrogen and oxygen atoms in total. The van der Waals surface area contributed by atoms with Crippen molar-refractivity contribution in [2.24, 2.45) is 5.92 Å². The van der Waals surface area contributed by atoms with Crippen LogP contribution in [0.4, 0.5) is 0 Å². The molecular weight excluding hydrogens is 190 g/mol. The summed E-state index contributed by atoms with van der Waals surface area (Å²) >= 11 is 0. The molecule has 1 unspecified atom stereocenters. The van der Waals surface area contributed by atoms with Gasteiger partial charge in [-0.05, 0) is 37.5 Å². The number of hydrogen-bond acceptors (Lipinski definition) is 2. The summed E-state index contributed by atoms with van der Waals surface area (Å²) in [6.07, 6.45) is 1.30. The molecule has 3 heteroatoms. The summed E-state index contributed by atoms with van der Waals surface area (Å²) in [4.78, 5) is 0. The Balaban J connectivity index is 2.31. The van der Waals surface area contributed by atoms with Gasteiger partial charge in [0.05, 0.1) is 0 Å². The van der Waals surface area contributed by atoms with Gasteiger partial charge in [0.25, 0.3) is 0 Å². The fourth-order valence-corrected chi connectivity index (χ4v) is 2.38. The smallest absolute Gasteiger partial charge is 0.191 e. The van der Waals surface area contributed by atoms with Crippen LogP contribution < -0.4 is 5.32 Å². The minimum Gasteiger partial charge on any atom is -0.416 e. The van der Waals surface area contributed by atoms with E-state index >= 15 is 0 Å². The second-order valence-electron chi connectivity index (χ2n) is 5.96. The summed E-state index contributed by atoms with van der Waals surface area (Å²) < 4.78 is 6.15. The predicted octanol–water partition coefficient (Wildman–Crippen LogP) is 2.62. The molecule has 2 atom stereocenters. The first kappa shape index (κ1) is 12.2. The first-order valence-corrected chi connectivity index (χ1v) is 8.50. The van der Waals surface area contributed by atoms with Crippen LogP contribution in [0.2, 0.25) is 18.1 Å². The van der Waals surface area contributed by atoms with Gasteiger partial charge < -0.3 is 9.74 Å². The number of rotatable bonds is 4. The minimum absolute atomic E-state index is 0.344. The lowest BCUT2D eigenvalue weighted by atomic mass is 10.2. The molecule has 1 aliphatic carbocycles. The molecule has 14 heavy (non-hydrogen) atoms. The minimum atomic E-state index is -1.50. The Morgan fingerprint density at radius 3 is 2.29 bits per heavy atom. The normalized spacial score (nSPS) is 27.9. The topological polar surface area (TPSA) is 21.3 Å². The van der Waals surface area contributed by atoms with Crippen molar-refractivity contribution in [2.75, 3.05) is 13.7 Å². The summed E-state index contributed by atoms with van der Waals surface area (Å²) in [5.74, 6) is 0.772. The molecule has 0 heterocycles. The highest BCUT2D eigenvalue weighted by molar-refractivity contribution is 6.74. The van der Waals surface area contributed by atoms with Crippen LogP contribution in [-0.2, 0) is 4.43 Å². The summed E-state index contributed by atoms with van der Waals surface area (Å²) in [5, 5.41) is 3.64. The van der Waals surface area contributed by atoms with E-state index in [2.05, 4.69) is 39.2 Å². The second-order valence-corrected chi connectivity index (χ2v) is 10.8. The maximum Gasteiger partial charge on any atom is 0.191 e. The average molecular weight is 215 g/mol. The van der Waals surface area contributed by atoms with E-state index in [1.165, 1.54) is 6.42 Å². The van der Waals surface area contributed by atoms with Crippen LogP contribution in [0.15, 0.2) is 0 Å². The van der Waals surface area contributed by atoms with E-state index in [1.807, 2.05) is 7.05 Å². The van der Waals surface area contributed by atoms with Gasteiger partial charge in [-0.3, -0.25) is 0 Å². The maximum atomic E-state index is 6.15. The third-order valence-corrected chi connectivity index (χ3v) is 8.26. The zero-order valence-corrected chi connectivity index (χ0v) is 11.5. The fraction of sp³-hybridized carbons (Fsp3) is 1.00. The highest BCUT2D eigenvalue weighted by atomic mass is 28.4. The molecule has 1 saturated carbocycles. The van der Waals surface area contributed by atoms with Crippen molar-refractivity contribution >= 4 is 8.32 Å². The molecule has 0 saturated heterocycles. The molecular formula is C11H25NOSi. The van der Waals surface area contributed by atoms with Crippen molar-refractivity contribution in [3.05, 3.63) is 0 Å². The van der Waals surface area contributed by atoms with Gasteiger partial charge in [0.2, 0.25) is 0 Å². The maximum absolute atomic E-state index is 6.15. The molecule has 0 amide bonds. The molecule has 0 aromatic carbocycles. The molecule has 0 radical (unpaired) electrons. The largest absolute Gasteiger partial charge is 0.416 e. The molecule has 0 aromatic heterocycles. The molecule has 0 aliphatic heterocycles. The SMILES string of the molecule is CNC1C[C@@H]1CO[Si](C)(C)C(C)(C)C. The van der Waals surface area contributed by atoms with E-state index in [-0.39, 0.29) is 0 Å². The quantitative estimate of drug-likeness (QED) is 0.728. The van der Waals surface area contributed by atoms with E-state index in [0.717, 1.165) is 18.6 Å². The summed E-state index contributed by atoms with van der Waals surface area (Å²) in [6, 6.07) is 0.722. The van der Waals surface area contributed by atoms with Gasteiger partial charge in [-0.25, -0.2) is 0 Å². The third-order valence-electron chi connectivity index (χ3n) is 3.76. The summed E-state index contributed by atoms with van der Waals surface area (Å²) in [7, 11) is 0.541. The average Bonchev–Trinajstić information content (AvgIpc) is 2.77. The van der Waals surface area contributed by atoms with Crippen LogP contribution in [-0.4, -0.2) is 28.0 Å². The lowest BCUT2D eigenvalue weighted by Gasteiger charge is -2.36. The van der Waals surface area contributed by atoms with E-state index in [9.17, 15) is 0 Å². The van der Waals surface area contributed by atoms with Crippen molar-refractivity contribution in [3.63, 3.8) is 0 Å². The molecule has 1 aliphatic rings. The zero-order chi connectivity index (χ0) is 11.0. The van der Waals surface area contributed by atoms with Crippen LogP contribution in [0.5, 0.6) is 0 Å². The Hall–Kier alpha value is 0.137. The van der Waals surface area contributed by atoms with Gasteiger partial charge in [-0.2, -0.15) is 0 Å². The first-order valence-electron chi connectivity index (χ1n) is 5.59. The molecule has 1 rings (SSSR count). The Kier molecular flexibility index (Phi) is 3.44. The first-order chi connectivity index (χ1) is 6.28. The van der Waals surface area contributed by atoms with Crippen LogP contribution in [0.1, 0.15) is 27.2 Å². The van der Waals surface area contributed by atoms with Gasteiger partial charge in [0.15, 0.2) is 8.32 Å². The van der Waals surface area contributed by atoms with Crippen LogP contribution in [0, 0.1) is 5.92 Å². The highest BCUT2D eigenvalue weighted by Gasteiger charge is 2.41. The van der Waals surface area contributed by atoms with Crippen molar-refractivity contribution in [3.8, 4) is 0 Å². The van der Waals surface area contributed by atoms with Gasteiger partial charge in [-0.1, -0.05) is 20.8 Å². The van der Waals surface area contributed by atoms with Gasteiger partial charge in [-0.15, -0.1) is 0 Å². The summed E-state index contributed by atoms with van der Waals surface area (Å²) in [6.45, 7) is 12.5. The monoisotopic (exact) mass is 215 g/mol. The van der Waals surface area contributed by atoms with E-state index in [4.69, 9.17) is 4.43 Å². The van der Waals surface area contributed by atoms with Crippen molar-refractivity contribution in [1.29, 1.82) is 0 Å². The molecule has 0 spiro atoms. The van der Waals surface area contributed by atoms with E-state index < -0.39 is 8.32 Å². The summed E-state index contributed by atoms with van der Waals surface area (Å²) in [5.41, 5.74) is 0. The lowest BCUT2D eigenvalue weighted by Crippen LogP contribution is -2.41. The lowest BCUT2D eigenvalue weighted by molar-refractivity contribution is 0.268. The van der Waals surface area contributed by atoms with Gasteiger partial charge in [0.1, 0.15) is 0 Å². The van der Waals surface area contributed by atoms with Crippen LogP contribution >= 0.6 is 0 Å². The van der Waals surface area contributed by atoms with Crippen LogP contribution in [0.3, 0.4) is 0 Å². The number of nitrogens with one attached hydrogen (secondary N) is 1. The van der Waals surface area contributed by atoms with E-state index in [1.54, 1.807) is 0 Å². The fourth-order valence-electron chi connectivity index (χ4n) is 1.32. The highest BCUT2D eigenvalue weighted by Crippen LogP contribution is 2.39. The van der Waals surface area contributed by atoms with Crippen molar-refractivity contribution in [2.45, 2.75) is 51.4 Å². The predicted molar refractivity (Wildman–Crippen MR) is 64.1 cm³/mol. The van der Waals surface area contributed by atoms with E-state index in [0.29, 0.717) is 5.04 Å².